The molecule has 8 rings (SSSR count). The lowest BCUT2D eigenvalue weighted by Gasteiger charge is -2.56. The molecule has 188 valence electrons. The second kappa shape index (κ2) is 8.73. The molecule has 1 atom stereocenters. The van der Waals surface area contributed by atoms with Crippen LogP contribution in [0.4, 0.5) is 0 Å². The van der Waals surface area contributed by atoms with Crippen molar-refractivity contribution in [1.82, 2.24) is 14.9 Å². The lowest BCUT2D eigenvalue weighted by Crippen LogP contribution is -2.60. The number of hydrogen-bond acceptors (Lipinski definition) is 5. The zero-order chi connectivity index (χ0) is 24.4. The monoisotopic (exact) mass is 519 g/mol. The van der Waals surface area contributed by atoms with Gasteiger partial charge in [0.1, 0.15) is 4.83 Å². The normalized spacial score (nSPS) is 30.5. The van der Waals surface area contributed by atoms with Crippen molar-refractivity contribution >= 4 is 39.2 Å². The van der Waals surface area contributed by atoms with Crippen molar-refractivity contribution in [2.24, 2.45) is 23.7 Å². The van der Waals surface area contributed by atoms with Crippen molar-refractivity contribution < 1.29 is 4.79 Å². The van der Waals surface area contributed by atoms with E-state index in [0.717, 1.165) is 72.2 Å². The van der Waals surface area contributed by atoms with Crippen molar-refractivity contribution in [2.45, 2.75) is 75.4 Å². The number of thioether (sulfide) groups is 1. The van der Waals surface area contributed by atoms with Gasteiger partial charge in [0.2, 0.25) is 5.91 Å². The minimum atomic E-state index is 0.00208. The fourth-order valence-corrected chi connectivity index (χ4v) is 10.2. The Hall–Kier alpha value is -2.12. The number of nitrogens with zero attached hydrogens (tertiary/aromatic N) is 2. The summed E-state index contributed by atoms with van der Waals surface area (Å²) in [7, 11) is 0. The number of amides is 1. The summed E-state index contributed by atoms with van der Waals surface area (Å²) < 4.78 is 1.73. The predicted octanol–water partition coefficient (Wildman–Crippen LogP) is 5.75. The first-order chi connectivity index (χ1) is 17.5. The molecule has 1 aromatic carbocycles. The Balaban J connectivity index is 1.20. The van der Waals surface area contributed by atoms with Gasteiger partial charge < -0.3 is 5.32 Å². The van der Waals surface area contributed by atoms with Crippen LogP contribution in [0.1, 0.15) is 62.3 Å². The third-order valence-corrected chi connectivity index (χ3v) is 11.2. The van der Waals surface area contributed by atoms with Crippen LogP contribution in [0.25, 0.3) is 15.9 Å². The maximum absolute atomic E-state index is 13.9. The number of para-hydroxylation sites is 1. The third kappa shape index (κ3) is 3.94. The lowest BCUT2D eigenvalue weighted by atomic mass is 9.53. The maximum Gasteiger partial charge on any atom is 0.267 e. The van der Waals surface area contributed by atoms with Crippen molar-refractivity contribution in [1.29, 1.82) is 0 Å². The number of nitrogens with one attached hydrogen (secondary N) is 1. The molecule has 0 unspecified atom stereocenters. The quantitative estimate of drug-likeness (QED) is 0.344. The van der Waals surface area contributed by atoms with Crippen LogP contribution in [0, 0.1) is 23.7 Å². The van der Waals surface area contributed by atoms with E-state index in [4.69, 9.17) is 4.98 Å². The number of thiophene rings is 1. The summed E-state index contributed by atoms with van der Waals surface area (Å²) in [5, 5.41) is 4.88. The van der Waals surface area contributed by atoms with E-state index in [-0.39, 0.29) is 22.8 Å². The van der Waals surface area contributed by atoms with Crippen LogP contribution in [0.2, 0.25) is 0 Å². The minimum Gasteiger partial charge on any atom is -0.350 e. The standard InChI is InChI=1S/C29H33N3O2S2/c1-17-7-8-22-23(9-17)36-26-25(22)27(34)32(21-5-3-2-4-6-21)28(30-26)35-16-24(33)31-29-13-18-10-19(14-29)12-20(11-18)15-29/h2-6,17-20H,7-16H2,1H3,(H,31,33)/t17-,18?,19?,20?,29?/m0/s1. The van der Waals surface area contributed by atoms with E-state index in [1.807, 2.05) is 30.3 Å². The van der Waals surface area contributed by atoms with Crippen molar-refractivity contribution in [3.8, 4) is 5.69 Å². The number of carbonyl (C=O) groups excluding carboxylic acids is 1. The maximum atomic E-state index is 13.9. The van der Waals surface area contributed by atoms with Crippen LogP contribution in [0.5, 0.6) is 0 Å². The van der Waals surface area contributed by atoms with E-state index in [2.05, 4.69) is 12.2 Å². The van der Waals surface area contributed by atoms with Crippen LogP contribution in [-0.4, -0.2) is 26.8 Å². The zero-order valence-electron chi connectivity index (χ0n) is 20.8. The summed E-state index contributed by atoms with van der Waals surface area (Å²) in [6.07, 6.45) is 10.6. The molecule has 1 amide bonds. The molecule has 5 aliphatic rings. The molecule has 1 N–H and O–H groups in total. The van der Waals surface area contributed by atoms with Gasteiger partial charge >= 0.3 is 0 Å². The van der Waals surface area contributed by atoms with E-state index in [0.29, 0.717) is 11.1 Å². The van der Waals surface area contributed by atoms with Crippen LogP contribution < -0.4 is 10.9 Å². The van der Waals surface area contributed by atoms with E-state index in [1.54, 1.807) is 15.9 Å². The second-order valence-corrected chi connectivity index (χ2v) is 14.0. The molecule has 0 aliphatic heterocycles. The Bertz CT molecular complexity index is 1360. The number of carbonyl (C=O) groups is 1. The summed E-state index contributed by atoms with van der Waals surface area (Å²) in [4.78, 5) is 34.3. The molecule has 3 aromatic rings. The van der Waals surface area contributed by atoms with Gasteiger partial charge in [-0.1, -0.05) is 36.9 Å². The smallest absolute Gasteiger partial charge is 0.267 e. The molecule has 0 spiro atoms. The van der Waals surface area contributed by atoms with Gasteiger partial charge in [0, 0.05) is 10.4 Å². The molecule has 36 heavy (non-hydrogen) atoms. The van der Waals surface area contributed by atoms with Crippen LogP contribution in [-0.2, 0) is 17.6 Å². The number of aryl methyl sites for hydroxylation is 1. The van der Waals surface area contributed by atoms with Crippen molar-refractivity contribution in [2.75, 3.05) is 5.75 Å². The average Bonchev–Trinajstić information content (AvgIpc) is 3.19. The Morgan fingerprint density at radius 3 is 2.53 bits per heavy atom. The highest BCUT2D eigenvalue weighted by molar-refractivity contribution is 7.99. The summed E-state index contributed by atoms with van der Waals surface area (Å²) in [6, 6.07) is 9.76. The highest BCUT2D eigenvalue weighted by Crippen LogP contribution is 2.55. The predicted molar refractivity (Wildman–Crippen MR) is 146 cm³/mol. The molecular formula is C29H33N3O2S2. The van der Waals surface area contributed by atoms with E-state index >= 15 is 0 Å². The Labute approximate surface area is 220 Å². The Kier molecular flexibility index (Phi) is 5.58. The summed E-state index contributed by atoms with van der Waals surface area (Å²) in [5.41, 5.74) is 2.02. The van der Waals surface area contributed by atoms with Crippen LogP contribution in [0.15, 0.2) is 40.3 Å². The molecule has 4 saturated carbocycles. The highest BCUT2D eigenvalue weighted by Gasteiger charge is 2.51. The number of rotatable bonds is 5. The number of hydrogen-bond donors (Lipinski definition) is 1. The molecule has 2 heterocycles. The summed E-state index contributed by atoms with van der Waals surface area (Å²) >= 11 is 3.08. The van der Waals surface area contributed by atoms with Crippen LogP contribution >= 0.6 is 23.1 Å². The van der Waals surface area contributed by atoms with Gasteiger partial charge in [-0.2, -0.15) is 0 Å². The molecule has 5 aliphatic carbocycles. The SMILES string of the molecule is C[C@H]1CCc2c(sc3nc(SCC(=O)NC45CC6CC(CC(C6)C4)C5)n(-c4ccccc4)c(=O)c23)C1. The molecule has 4 bridgehead atoms. The summed E-state index contributed by atoms with van der Waals surface area (Å²) in [5.74, 6) is 3.39. The largest absolute Gasteiger partial charge is 0.350 e. The molecular weight excluding hydrogens is 486 g/mol. The van der Waals surface area contributed by atoms with E-state index in [9.17, 15) is 9.59 Å². The summed E-state index contributed by atoms with van der Waals surface area (Å²) in [6.45, 7) is 2.28. The first-order valence-electron chi connectivity index (χ1n) is 13.5. The molecule has 7 heteroatoms. The first-order valence-corrected chi connectivity index (χ1v) is 15.3. The lowest BCUT2D eigenvalue weighted by molar-refractivity contribution is -0.124. The topological polar surface area (TPSA) is 64.0 Å². The first kappa shape index (κ1) is 23.0. The zero-order valence-corrected chi connectivity index (χ0v) is 22.4. The molecule has 4 fully saturated rings. The van der Waals surface area contributed by atoms with Crippen LogP contribution in [0.3, 0.4) is 0 Å². The van der Waals surface area contributed by atoms with Crippen molar-refractivity contribution in [3.63, 3.8) is 0 Å². The number of benzene rings is 1. The molecule has 0 radical (unpaired) electrons. The number of fused-ring (bicyclic) bond motifs is 3. The van der Waals surface area contributed by atoms with E-state index in [1.165, 1.54) is 41.5 Å². The van der Waals surface area contributed by atoms with Gasteiger partial charge in [0.25, 0.3) is 5.56 Å². The molecule has 0 saturated heterocycles. The third-order valence-electron chi connectivity index (χ3n) is 9.09. The second-order valence-electron chi connectivity index (χ2n) is 11.9. The van der Waals surface area contributed by atoms with E-state index < -0.39 is 0 Å². The molecule has 2 aromatic heterocycles. The van der Waals surface area contributed by atoms with Gasteiger partial charge in [-0.3, -0.25) is 14.2 Å². The highest BCUT2D eigenvalue weighted by atomic mass is 32.2. The van der Waals surface area contributed by atoms with Gasteiger partial charge in [-0.05, 0) is 99.2 Å². The van der Waals surface area contributed by atoms with Gasteiger partial charge in [-0.15, -0.1) is 11.3 Å². The van der Waals surface area contributed by atoms with Gasteiger partial charge in [0.15, 0.2) is 5.16 Å². The fraction of sp³-hybridized carbons (Fsp3) is 0.552. The minimum absolute atomic E-state index is 0.00208. The number of aromatic nitrogens is 2. The van der Waals surface area contributed by atoms with Gasteiger partial charge in [0.05, 0.1) is 16.8 Å². The van der Waals surface area contributed by atoms with Gasteiger partial charge in [-0.25, -0.2) is 4.98 Å². The Morgan fingerprint density at radius 1 is 1.14 bits per heavy atom. The average molecular weight is 520 g/mol. The van der Waals surface area contributed by atoms with Crippen molar-refractivity contribution in [3.05, 3.63) is 51.1 Å². The Morgan fingerprint density at radius 2 is 1.83 bits per heavy atom. The molecule has 5 nitrogen and oxygen atoms in total. The fourth-order valence-electron chi connectivity index (χ4n) is 8.00.